The Labute approximate surface area is 102 Å². The zero-order valence-electron chi connectivity index (χ0n) is 10.5. The van der Waals surface area contributed by atoms with Crippen molar-refractivity contribution in [1.29, 1.82) is 5.26 Å². The number of aromatic nitrogens is 2. The standard InChI is InChI=1S/C12H19N5/c1-9-11(8-13)12(17(2)16-9)15-7-5-10-4-3-6-14-10/h10,14-15H,3-7H2,1-2H3/t10-/m1/s1. The van der Waals surface area contributed by atoms with Gasteiger partial charge in [-0.25, -0.2) is 0 Å². The molecule has 0 bridgehead atoms. The highest BCUT2D eigenvalue weighted by Crippen LogP contribution is 2.17. The number of nitrogens with zero attached hydrogens (tertiary/aromatic N) is 3. The van der Waals surface area contributed by atoms with E-state index in [0.29, 0.717) is 11.6 Å². The van der Waals surface area contributed by atoms with Crippen molar-refractivity contribution in [2.75, 3.05) is 18.4 Å². The maximum absolute atomic E-state index is 9.07. The lowest BCUT2D eigenvalue weighted by atomic mass is 10.1. The molecule has 92 valence electrons. The van der Waals surface area contributed by atoms with E-state index in [1.54, 1.807) is 4.68 Å². The summed E-state index contributed by atoms with van der Waals surface area (Å²) in [6, 6.07) is 2.83. The Morgan fingerprint density at radius 1 is 1.65 bits per heavy atom. The van der Waals surface area contributed by atoms with Gasteiger partial charge in [-0.1, -0.05) is 0 Å². The molecule has 5 heteroatoms. The second kappa shape index (κ2) is 5.19. The second-order valence-corrected chi connectivity index (χ2v) is 4.55. The maximum atomic E-state index is 9.07. The lowest BCUT2D eigenvalue weighted by Crippen LogP contribution is -2.24. The van der Waals surface area contributed by atoms with E-state index in [0.717, 1.165) is 31.0 Å². The van der Waals surface area contributed by atoms with Gasteiger partial charge in [0.2, 0.25) is 0 Å². The van der Waals surface area contributed by atoms with Crippen LogP contribution in [0.1, 0.15) is 30.5 Å². The van der Waals surface area contributed by atoms with Crippen molar-refractivity contribution >= 4 is 5.82 Å². The Morgan fingerprint density at radius 3 is 3.12 bits per heavy atom. The predicted molar refractivity (Wildman–Crippen MR) is 66.8 cm³/mol. The van der Waals surface area contributed by atoms with Crippen molar-refractivity contribution in [3.05, 3.63) is 11.3 Å². The van der Waals surface area contributed by atoms with Crippen LogP contribution in [0.3, 0.4) is 0 Å². The fourth-order valence-corrected chi connectivity index (χ4v) is 2.36. The molecule has 1 aromatic rings. The van der Waals surface area contributed by atoms with Gasteiger partial charge in [-0.3, -0.25) is 4.68 Å². The van der Waals surface area contributed by atoms with Crippen LogP contribution in [0, 0.1) is 18.3 Å². The van der Waals surface area contributed by atoms with Crippen LogP contribution in [0.15, 0.2) is 0 Å². The van der Waals surface area contributed by atoms with E-state index in [2.05, 4.69) is 21.8 Å². The fraction of sp³-hybridized carbons (Fsp3) is 0.667. The van der Waals surface area contributed by atoms with Crippen molar-refractivity contribution in [2.45, 2.75) is 32.2 Å². The number of anilines is 1. The van der Waals surface area contributed by atoms with Gasteiger partial charge in [-0.2, -0.15) is 10.4 Å². The van der Waals surface area contributed by atoms with Crippen molar-refractivity contribution in [1.82, 2.24) is 15.1 Å². The molecular weight excluding hydrogens is 214 g/mol. The number of hydrogen-bond donors (Lipinski definition) is 2. The molecule has 2 N–H and O–H groups in total. The Hall–Kier alpha value is -1.54. The summed E-state index contributed by atoms with van der Waals surface area (Å²) in [6.45, 7) is 3.88. The van der Waals surface area contributed by atoms with Crippen molar-refractivity contribution < 1.29 is 0 Å². The molecule has 1 aliphatic rings. The van der Waals surface area contributed by atoms with Gasteiger partial charge >= 0.3 is 0 Å². The molecule has 17 heavy (non-hydrogen) atoms. The number of nitrogens with one attached hydrogen (secondary N) is 2. The predicted octanol–water partition coefficient (Wildman–Crippen LogP) is 1.15. The zero-order valence-corrected chi connectivity index (χ0v) is 10.5. The summed E-state index contributed by atoms with van der Waals surface area (Å²) in [6.07, 6.45) is 3.63. The number of aryl methyl sites for hydroxylation is 2. The van der Waals surface area contributed by atoms with Crippen LogP contribution in [0.2, 0.25) is 0 Å². The first-order valence-corrected chi connectivity index (χ1v) is 6.13. The molecule has 0 amide bonds. The minimum absolute atomic E-state index is 0.627. The summed E-state index contributed by atoms with van der Waals surface area (Å²) < 4.78 is 1.75. The Morgan fingerprint density at radius 2 is 2.47 bits per heavy atom. The molecule has 1 atom stereocenters. The van der Waals surface area contributed by atoms with Crippen LogP contribution >= 0.6 is 0 Å². The van der Waals surface area contributed by atoms with Gasteiger partial charge in [-0.15, -0.1) is 0 Å². The van der Waals surface area contributed by atoms with Crippen molar-refractivity contribution in [3.63, 3.8) is 0 Å². The number of hydrogen-bond acceptors (Lipinski definition) is 4. The van der Waals surface area contributed by atoms with E-state index < -0.39 is 0 Å². The van der Waals surface area contributed by atoms with Crippen molar-refractivity contribution in [3.8, 4) is 6.07 Å². The first kappa shape index (κ1) is 11.9. The molecule has 0 aromatic carbocycles. The summed E-state index contributed by atoms with van der Waals surface area (Å²) in [5, 5.41) is 20.1. The van der Waals surface area contributed by atoms with Crippen LogP contribution in [0.5, 0.6) is 0 Å². The number of nitriles is 1. The molecule has 1 saturated heterocycles. The lowest BCUT2D eigenvalue weighted by Gasteiger charge is -2.11. The average Bonchev–Trinajstić information content (AvgIpc) is 2.88. The lowest BCUT2D eigenvalue weighted by molar-refractivity contribution is 0.573. The van der Waals surface area contributed by atoms with Gasteiger partial charge in [0.15, 0.2) is 0 Å². The Balaban J connectivity index is 1.92. The second-order valence-electron chi connectivity index (χ2n) is 4.55. The molecule has 0 saturated carbocycles. The first-order chi connectivity index (χ1) is 8.22. The van der Waals surface area contributed by atoms with E-state index in [4.69, 9.17) is 5.26 Å². The quantitative estimate of drug-likeness (QED) is 0.819. The van der Waals surface area contributed by atoms with Gasteiger partial charge < -0.3 is 10.6 Å². The van der Waals surface area contributed by atoms with Gasteiger partial charge in [0.05, 0.1) is 5.69 Å². The fourth-order valence-electron chi connectivity index (χ4n) is 2.36. The van der Waals surface area contributed by atoms with Crippen LogP contribution in [0.25, 0.3) is 0 Å². The van der Waals surface area contributed by atoms with E-state index in [1.165, 1.54) is 12.8 Å². The molecule has 2 heterocycles. The van der Waals surface area contributed by atoms with Crippen LogP contribution in [0.4, 0.5) is 5.82 Å². The third kappa shape index (κ3) is 2.59. The first-order valence-electron chi connectivity index (χ1n) is 6.13. The third-order valence-electron chi connectivity index (χ3n) is 3.28. The normalized spacial score (nSPS) is 19.2. The topological polar surface area (TPSA) is 65.7 Å². The highest BCUT2D eigenvalue weighted by molar-refractivity contribution is 5.54. The molecule has 0 radical (unpaired) electrons. The maximum Gasteiger partial charge on any atom is 0.142 e. The monoisotopic (exact) mass is 233 g/mol. The van der Waals surface area contributed by atoms with Gasteiger partial charge in [-0.05, 0) is 32.7 Å². The molecule has 0 unspecified atom stereocenters. The van der Waals surface area contributed by atoms with Gasteiger partial charge in [0.1, 0.15) is 17.5 Å². The van der Waals surface area contributed by atoms with E-state index in [9.17, 15) is 0 Å². The van der Waals surface area contributed by atoms with E-state index >= 15 is 0 Å². The Kier molecular flexibility index (Phi) is 3.64. The summed E-state index contributed by atoms with van der Waals surface area (Å²) in [7, 11) is 1.87. The summed E-state index contributed by atoms with van der Waals surface area (Å²) in [5.41, 5.74) is 1.45. The molecule has 2 rings (SSSR count). The SMILES string of the molecule is Cc1nn(C)c(NCC[C@H]2CCCN2)c1C#N. The zero-order chi connectivity index (χ0) is 12.3. The smallest absolute Gasteiger partial charge is 0.142 e. The van der Waals surface area contributed by atoms with Gasteiger partial charge in [0.25, 0.3) is 0 Å². The molecular formula is C12H19N5. The third-order valence-corrected chi connectivity index (χ3v) is 3.28. The highest BCUT2D eigenvalue weighted by atomic mass is 15.3. The van der Waals surface area contributed by atoms with E-state index in [-0.39, 0.29) is 0 Å². The largest absolute Gasteiger partial charge is 0.369 e. The Bertz CT molecular complexity index is 423. The summed E-state index contributed by atoms with van der Waals surface area (Å²) in [5.74, 6) is 0.836. The molecule has 0 spiro atoms. The molecule has 0 aliphatic carbocycles. The molecule has 1 fully saturated rings. The minimum Gasteiger partial charge on any atom is -0.369 e. The minimum atomic E-state index is 0.627. The number of rotatable bonds is 4. The highest BCUT2D eigenvalue weighted by Gasteiger charge is 2.15. The summed E-state index contributed by atoms with van der Waals surface area (Å²) in [4.78, 5) is 0. The summed E-state index contributed by atoms with van der Waals surface area (Å²) >= 11 is 0. The van der Waals surface area contributed by atoms with E-state index in [1.807, 2.05) is 14.0 Å². The van der Waals surface area contributed by atoms with Crippen LogP contribution in [-0.4, -0.2) is 28.9 Å². The molecule has 5 nitrogen and oxygen atoms in total. The van der Waals surface area contributed by atoms with Gasteiger partial charge in [0, 0.05) is 19.6 Å². The average molecular weight is 233 g/mol. The van der Waals surface area contributed by atoms with Crippen molar-refractivity contribution in [2.24, 2.45) is 7.05 Å². The van der Waals surface area contributed by atoms with Crippen LogP contribution in [-0.2, 0) is 7.05 Å². The molecule has 1 aliphatic heterocycles. The van der Waals surface area contributed by atoms with Crippen LogP contribution < -0.4 is 10.6 Å². The molecule has 1 aromatic heterocycles.